The number of amides is 2. The standard InChI is InChI=1S/C22H21N3O3.C18H15N3O2/c1-13-4-5-15(9-23-13)20-24-10-19(28-20)14-6-7-17-18(8-14)25(16-11-27-12-16)21(26)22(17,2)3;1-18(2)13-6-5-11(8-14(13)21-17(18)22)15-10-20-16(23-15)12-4-3-7-19-9-12/h4-10,16H,11-12H2,1-3H3;3-10H,1-2H3,(H,21,22). The van der Waals surface area contributed by atoms with Crippen LogP contribution in [-0.2, 0) is 25.2 Å². The highest BCUT2D eigenvalue weighted by Gasteiger charge is 2.48. The maximum absolute atomic E-state index is 13.0. The van der Waals surface area contributed by atoms with Crippen LogP contribution in [0.25, 0.3) is 45.6 Å². The molecule has 0 saturated carbocycles. The van der Waals surface area contributed by atoms with Crippen molar-refractivity contribution in [1.82, 2.24) is 19.9 Å². The number of carbonyl (C=O) groups is 2. The molecular weight excluding hydrogens is 644 g/mol. The van der Waals surface area contributed by atoms with Gasteiger partial charge in [-0.15, -0.1) is 0 Å². The molecule has 9 rings (SSSR count). The molecule has 51 heavy (non-hydrogen) atoms. The van der Waals surface area contributed by atoms with Crippen molar-refractivity contribution in [2.75, 3.05) is 23.4 Å². The van der Waals surface area contributed by atoms with Gasteiger partial charge in [0.25, 0.3) is 0 Å². The van der Waals surface area contributed by atoms with Crippen molar-refractivity contribution in [3.8, 4) is 45.6 Å². The molecule has 1 saturated heterocycles. The molecular formula is C40H36N6O5. The molecule has 4 aromatic heterocycles. The van der Waals surface area contributed by atoms with E-state index in [1.165, 1.54) is 0 Å². The summed E-state index contributed by atoms with van der Waals surface area (Å²) < 4.78 is 17.1. The Bertz CT molecular complexity index is 2290. The first kappa shape index (κ1) is 32.3. The summed E-state index contributed by atoms with van der Waals surface area (Å²) >= 11 is 0. The Morgan fingerprint density at radius 3 is 1.98 bits per heavy atom. The summed E-state index contributed by atoms with van der Waals surface area (Å²) in [5, 5.41) is 2.93. The number of nitrogens with zero attached hydrogens (tertiary/aromatic N) is 5. The molecule has 6 aromatic rings. The van der Waals surface area contributed by atoms with E-state index < -0.39 is 10.8 Å². The average molecular weight is 681 g/mol. The summed E-state index contributed by atoms with van der Waals surface area (Å²) in [6.45, 7) is 10.9. The van der Waals surface area contributed by atoms with Crippen LogP contribution in [0.2, 0.25) is 0 Å². The van der Waals surface area contributed by atoms with E-state index >= 15 is 0 Å². The molecule has 2 aromatic carbocycles. The minimum Gasteiger partial charge on any atom is -0.436 e. The van der Waals surface area contributed by atoms with Gasteiger partial charge in [-0.1, -0.05) is 24.3 Å². The lowest BCUT2D eigenvalue weighted by atomic mass is 9.86. The van der Waals surface area contributed by atoms with Crippen LogP contribution in [0, 0.1) is 6.92 Å². The summed E-state index contributed by atoms with van der Waals surface area (Å²) in [5.41, 5.74) is 7.15. The van der Waals surface area contributed by atoms with Gasteiger partial charge >= 0.3 is 0 Å². The molecule has 3 aliphatic heterocycles. The molecule has 11 nitrogen and oxygen atoms in total. The fourth-order valence-electron chi connectivity index (χ4n) is 6.59. The van der Waals surface area contributed by atoms with E-state index in [9.17, 15) is 9.59 Å². The van der Waals surface area contributed by atoms with Crippen molar-refractivity contribution in [3.63, 3.8) is 0 Å². The first-order chi connectivity index (χ1) is 24.5. The molecule has 7 heterocycles. The van der Waals surface area contributed by atoms with Crippen LogP contribution >= 0.6 is 0 Å². The zero-order chi connectivity index (χ0) is 35.5. The second-order valence-corrected chi connectivity index (χ2v) is 14.1. The van der Waals surface area contributed by atoms with Crippen LogP contribution in [0.1, 0.15) is 44.5 Å². The minimum atomic E-state index is -0.538. The number of nitrogens with one attached hydrogen (secondary N) is 1. The minimum absolute atomic E-state index is 0.0123. The normalized spacial score (nSPS) is 16.9. The Morgan fingerprint density at radius 1 is 0.725 bits per heavy atom. The maximum atomic E-state index is 13.0. The van der Waals surface area contributed by atoms with E-state index in [2.05, 4.69) is 25.3 Å². The number of hydrogen-bond donors (Lipinski definition) is 1. The summed E-state index contributed by atoms with van der Waals surface area (Å²) in [6, 6.07) is 19.6. The largest absolute Gasteiger partial charge is 0.436 e. The van der Waals surface area contributed by atoms with E-state index in [0.29, 0.717) is 36.5 Å². The molecule has 3 aliphatic rings. The highest BCUT2D eigenvalue weighted by molar-refractivity contribution is 6.09. The summed E-state index contributed by atoms with van der Waals surface area (Å²) in [5.74, 6) is 2.52. The van der Waals surface area contributed by atoms with Gasteiger partial charge in [-0.3, -0.25) is 19.6 Å². The third kappa shape index (κ3) is 5.59. The van der Waals surface area contributed by atoms with Crippen LogP contribution in [0.4, 0.5) is 11.4 Å². The number of hydrogen-bond acceptors (Lipinski definition) is 9. The van der Waals surface area contributed by atoms with E-state index in [1.54, 1.807) is 31.0 Å². The number of ether oxygens (including phenoxy) is 1. The fourth-order valence-corrected chi connectivity index (χ4v) is 6.59. The Labute approximate surface area is 294 Å². The van der Waals surface area contributed by atoms with E-state index in [-0.39, 0.29) is 17.9 Å². The lowest BCUT2D eigenvalue weighted by molar-refractivity contribution is -0.124. The number of aryl methyl sites for hydroxylation is 1. The second-order valence-electron chi connectivity index (χ2n) is 14.1. The lowest BCUT2D eigenvalue weighted by Gasteiger charge is -2.35. The van der Waals surface area contributed by atoms with Crippen molar-refractivity contribution in [3.05, 3.63) is 108 Å². The van der Waals surface area contributed by atoms with Gasteiger partial charge in [0.05, 0.1) is 53.6 Å². The Kier molecular flexibility index (Phi) is 7.68. The molecule has 0 radical (unpaired) electrons. The van der Waals surface area contributed by atoms with E-state index in [4.69, 9.17) is 13.6 Å². The molecule has 0 atom stereocenters. The first-order valence-electron chi connectivity index (χ1n) is 16.8. The maximum Gasteiger partial charge on any atom is 0.237 e. The van der Waals surface area contributed by atoms with Crippen molar-refractivity contribution in [1.29, 1.82) is 0 Å². The van der Waals surface area contributed by atoms with Crippen LogP contribution in [0.3, 0.4) is 0 Å². The average Bonchev–Trinajstić information content (AvgIpc) is 3.88. The summed E-state index contributed by atoms with van der Waals surface area (Å²) in [7, 11) is 0. The van der Waals surface area contributed by atoms with Crippen LogP contribution in [0.15, 0.2) is 100 Å². The highest BCUT2D eigenvalue weighted by Crippen LogP contribution is 2.45. The third-order valence-corrected chi connectivity index (χ3v) is 9.83. The number of benzene rings is 2. The van der Waals surface area contributed by atoms with Crippen molar-refractivity contribution in [2.45, 2.75) is 51.5 Å². The van der Waals surface area contributed by atoms with Crippen LogP contribution < -0.4 is 10.2 Å². The topological polar surface area (TPSA) is 136 Å². The fraction of sp³-hybridized carbons (Fsp3) is 0.250. The smallest absolute Gasteiger partial charge is 0.237 e. The summed E-state index contributed by atoms with van der Waals surface area (Å²) in [4.78, 5) is 44.0. The molecule has 256 valence electrons. The second kappa shape index (κ2) is 12.1. The van der Waals surface area contributed by atoms with Gasteiger partial charge in [0.15, 0.2) is 11.5 Å². The number of rotatable bonds is 5. The van der Waals surface area contributed by atoms with E-state index in [1.807, 2.05) is 100 Å². The highest BCUT2D eigenvalue weighted by atomic mass is 16.5. The number of anilines is 2. The first-order valence-corrected chi connectivity index (χ1v) is 16.8. The van der Waals surface area contributed by atoms with Crippen LogP contribution in [-0.4, -0.2) is 51.0 Å². The molecule has 2 amide bonds. The van der Waals surface area contributed by atoms with Gasteiger partial charge in [0.2, 0.25) is 23.6 Å². The molecule has 1 fully saturated rings. The summed E-state index contributed by atoms with van der Waals surface area (Å²) in [6.07, 6.45) is 8.58. The lowest BCUT2D eigenvalue weighted by Crippen LogP contribution is -2.52. The number of pyridine rings is 2. The molecule has 11 heteroatoms. The van der Waals surface area contributed by atoms with E-state index in [0.717, 1.165) is 50.4 Å². The SMILES string of the molecule is CC1(C)C(=O)Nc2cc(-c3cnc(-c4cccnc4)o3)ccc21.Cc1ccc(-c2ncc(-c3ccc4c(c3)N(C3COC3)C(=O)C4(C)C)o2)cn1. The molecule has 1 N–H and O–H groups in total. The Morgan fingerprint density at radius 2 is 1.37 bits per heavy atom. The van der Waals surface area contributed by atoms with Crippen molar-refractivity contribution in [2.24, 2.45) is 0 Å². The van der Waals surface area contributed by atoms with Gasteiger partial charge in [0.1, 0.15) is 0 Å². The van der Waals surface area contributed by atoms with Gasteiger partial charge in [-0.05, 0) is 82.1 Å². The van der Waals surface area contributed by atoms with Crippen molar-refractivity contribution < 1.29 is 23.2 Å². The monoisotopic (exact) mass is 680 g/mol. The number of carbonyl (C=O) groups excluding carboxylic acids is 2. The zero-order valence-corrected chi connectivity index (χ0v) is 28.9. The third-order valence-electron chi connectivity index (χ3n) is 9.83. The van der Waals surface area contributed by atoms with Crippen molar-refractivity contribution >= 4 is 23.2 Å². The van der Waals surface area contributed by atoms with Crippen LogP contribution in [0.5, 0.6) is 0 Å². The number of oxazole rings is 2. The molecule has 0 aliphatic carbocycles. The zero-order valence-electron chi connectivity index (χ0n) is 28.9. The predicted molar refractivity (Wildman–Crippen MR) is 192 cm³/mol. The van der Waals surface area contributed by atoms with Gasteiger partial charge in [-0.25, -0.2) is 9.97 Å². The molecule has 0 spiro atoms. The Balaban J connectivity index is 0.000000150. The van der Waals surface area contributed by atoms with Gasteiger partial charge in [0, 0.05) is 46.8 Å². The van der Waals surface area contributed by atoms with Gasteiger partial charge < -0.3 is 23.8 Å². The number of fused-ring (bicyclic) bond motifs is 2. The molecule has 0 unspecified atom stereocenters. The molecule has 0 bridgehead atoms. The number of aromatic nitrogens is 4. The quantitative estimate of drug-likeness (QED) is 0.198. The predicted octanol–water partition coefficient (Wildman–Crippen LogP) is 7.37. The van der Waals surface area contributed by atoms with Gasteiger partial charge in [-0.2, -0.15) is 0 Å². The Hall–Kier alpha value is -5.94.